The van der Waals surface area contributed by atoms with E-state index in [1.54, 1.807) is 19.1 Å². The predicted octanol–water partition coefficient (Wildman–Crippen LogP) is 3.37. The Balaban J connectivity index is 1.33. The fourth-order valence-electron chi connectivity index (χ4n) is 9.69. The van der Waals surface area contributed by atoms with E-state index in [9.17, 15) is 20.1 Å². The number of esters is 2. The number of aliphatic hydroxyl groups is 1. The number of benzene rings is 3. The minimum Gasteiger partial charge on any atom is -0.504 e. The highest BCUT2D eigenvalue weighted by atomic mass is 32.2. The molecule has 3 aromatic carbocycles. The summed E-state index contributed by atoms with van der Waals surface area (Å²) in [7, 11) is 4.91. The van der Waals surface area contributed by atoms with Gasteiger partial charge in [0.25, 0.3) is 0 Å². The lowest BCUT2D eigenvalue weighted by Gasteiger charge is -2.60. The summed E-state index contributed by atoms with van der Waals surface area (Å²) >= 11 is 1.46. The summed E-state index contributed by atoms with van der Waals surface area (Å²) in [6.45, 7) is 5.32. The van der Waals surface area contributed by atoms with Crippen molar-refractivity contribution < 1.29 is 53.3 Å². The molecule has 0 aliphatic carbocycles. The van der Waals surface area contributed by atoms with Crippen LogP contribution in [0.4, 0.5) is 0 Å². The molecule has 0 saturated carbocycles. The van der Waals surface area contributed by atoms with Gasteiger partial charge in [-0.15, -0.1) is 11.8 Å². The molecular weight excluding hydrogens is 706 g/mol. The summed E-state index contributed by atoms with van der Waals surface area (Å²) in [6, 6.07) is 3.67. The first-order valence-corrected chi connectivity index (χ1v) is 18.7. The van der Waals surface area contributed by atoms with Gasteiger partial charge in [-0.3, -0.25) is 15.0 Å². The fraction of sp³-hybridized carbons (Fsp3) is 0.474. The standard InChI is InChI=1S/C38H41N3O11S/c1-15-9-19-10-21-35(45)41-28(27(40(21)4)24(19)29(44)30(15)48-6)34-25-26(33-32(49-14-50-33)16(2)31(25)51-17(3)42)36(41)52-37(46)38(13-53-34)20-12-23(47-5)22(43)11-18(20)7-8-39-38/h9,11-12,21,27-28,34-36,39,43-45H,7-8,10,13-14H2,1-6H3/t21?,27?,28?,34?,35?,36?,38-/m1/s1. The smallest absolute Gasteiger partial charge is 0.333 e. The molecule has 7 aliphatic heterocycles. The third-order valence-electron chi connectivity index (χ3n) is 11.9. The molecule has 1 spiro atoms. The number of aliphatic hydroxyl groups excluding tert-OH is 1. The van der Waals surface area contributed by atoms with Gasteiger partial charge in [-0.05, 0) is 68.1 Å². The van der Waals surface area contributed by atoms with E-state index in [-0.39, 0.29) is 35.5 Å². The first-order chi connectivity index (χ1) is 25.4. The number of phenolic OH excluding ortho intramolecular Hbond substituents is 2. The topological polar surface area (TPSA) is 169 Å². The molecule has 2 fully saturated rings. The third kappa shape index (κ3) is 4.60. The Labute approximate surface area is 309 Å². The van der Waals surface area contributed by atoms with Crippen molar-refractivity contribution in [3.63, 3.8) is 0 Å². The normalized spacial score (nSPS) is 29.5. The van der Waals surface area contributed by atoms with Crippen LogP contribution in [0.15, 0.2) is 18.2 Å². The summed E-state index contributed by atoms with van der Waals surface area (Å²) < 4.78 is 36.1. The number of fused-ring (bicyclic) bond motifs is 8. The Hall–Kier alpha value is -4.41. The number of aryl methyl sites for hydroxylation is 1. The number of aromatic hydroxyl groups is 2. The molecule has 3 aromatic rings. The van der Waals surface area contributed by atoms with Gasteiger partial charge in [0.2, 0.25) is 6.79 Å². The van der Waals surface area contributed by atoms with Gasteiger partial charge in [-0.1, -0.05) is 6.07 Å². The lowest BCUT2D eigenvalue weighted by molar-refractivity contribution is -0.228. The van der Waals surface area contributed by atoms with E-state index in [2.05, 4.69) is 10.2 Å². The van der Waals surface area contributed by atoms with E-state index in [1.165, 1.54) is 32.9 Å². The molecule has 7 atom stereocenters. The van der Waals surface area contributed by atoms with Crippen LogP contribution in [0, 0.1) is 13.8 Å². The van der Waals surface area contributed by atoms with E-state index in [0.717, 1.165) is 16.7 Å². The van der Waals surface area contributed by atoms with E-state index in [0.29, 0.717) is 64.5 Å². The summed E-state index contributed by atoms with van der Waals surface area (Å²) in [5.74, 6) is 0.549. The average molecular weight is 748 g/mol. The maximum absolute atomic E-state index is 15.1. The maximum Gasteiger partial charge on any atom is 0.333 e. The molecule has 0 amide bonds. The third-order valence-corrected chi connectivity index (χ3v) is 13.4. The van der Waals surface area contributed by atoms with E-state index in [4.69, 9.17) is 28.4 Å². The van der Waals surface area contributed by atoms with Crippen LogP contribution < -0.4 is 29.0 Å². The molecule has 15 heteroatoms. The van der Waals surface area contributed by atoms with Crippen LogP contribution in [-0.4, -0.2) is 95.7 Å². The highest BCUT2D eigenvalue weighted by molar-refractivity contribution is 7.99. The maximum atomic E-state index is 15.1. The predicted molar refractivity (Wildman–Crippen MR) is 190 cm³/mol. The van der Waals surface area contributed by atoms with Gasteiger partial charge in [0.1, 0.15) is 12.0 Å². The second-order valence-electron chi connectivity index (χ2n) is 14.6. The first kappa shape index (κ1) is 34.4. The molecule has 0 radical (unpaired) electrons. The zero-order valence-electron chi connectivity index (χ0n) is 30.1. The molecule has 0 aromatic heterocycles. The molecule has 4 bridgehead atoms. The molecule has 6 unspecified atom stereocenters. The van der Waals surface area contributed by atoms with Crippen LogP contribution in [-0.2, 0) is 32.7 Å². The number of likely N-dealkylation sites (N-methyl/N-ethyl adjacent to an activating group) is 1. The van der Waals surface area contributed by atoms with Crippen molar-refractivity contribution in [1.29, 1.82) is 0 Å². The molecule has 280 valence electrons. The van der Waals surface area contributed by atoms with Crippen molar-refractivity contribution in [2.75, 3.05) is 40.4 Å². The number of methoxy groups -OCH3 is 2. The summed E-state index contributed by atoms with van der Waals surface area (Å²) in [6.07, 6.45) is -1.44. The lowest BCUT2D eigenvalue weighted by atomic mass is 9.74. The first-order valence-electron chi connectivity index (χ1n) is 17.6. The van der Waals surface area contributed by atoms with Crippen LogP contribution in [0.2, 0.25) is 0 Å². The van der Waals surface area contributed by atoms with Crippen molar-refractivity contribution in [3.05, 3.63) is 62.7 Å². The fourth-order valence-corrected chi connectivity index (χ4v) is 11.4. The largest absolute Gasteiger partial charge is 0.504 e. The number of phenols is 2. The van der Waals surface area contributed by atoms with Crippen molar-refractivity contribution in [2.45, 2.75) is 75.0 Å². The number of rotatable bonds is 3. The van der Waals surface area contributed by atoms with Gasteiger partial charge in [0.05, 0.1) is 43.2 Å². The van der Waals surface area contributed by atoms with Crippen molar-refractivity contribution in [2.24, 2.45) is 0 Å². The minimum atomic E-state index is -1.41. The van der Waals surface area contributed by atoms with E-state index >= 15 is 4.79 Å². The highest BCUT2D eigenvalue weighted by Crippen LogP contribution is 2.65. The number of ether oxygens (including phenoxy) is 6. The Morgan fingerprint density at radius 2 is 1.81 bits per heavy atom. The number of nitrogens with one attached hydrogen (secondary N) is 1. The zero-order chi connectivity index (χ0) is 37.2. The van der Waals surface area contributed by atoms with Gasteiger partial charge in [0.15, 0.2) is 46.3 Å². The van der Waals surface area contributed by atoms with Crippen LogP contribution >= 0.6 is 11.8 Å². The summed E-state index contributed by atoms with van der Waals surface area (Å²) in [4.78, 5) is 31.9. The Kier molecular flexibility index (Phi) is 7.81. The molecule has 7 heterocycles. The van der Waals surface area contributed by atoms with Gasteiger partial charge < -0.3 is 43.7 Å². The molecule has 7 aliphatic rings. The Bertz CT molecular complexity index is 2110. The van der Waals surface area contributed by atoms with Crippen molar-refractivity contribution in [1.82, 2.24) is 15.1 Å². The van der Waals surface area contributed by atoms with Gasteiger partial charge in [-0.2, -0.15) is 0 Å². The second kappa shape index (κ2) is 12.0. The second-order valence-corrected chi connectivity index (χ2v) is 15.7. The average Bonchev–Trinajstić information content (AvgIpc) is 3.63. The number of carbonyl (C=O) groups excluding carboxylic acids is 2. The highest BCUT2D eigenvalue weighted by Gasteiger charge is 2.63. The van der Waals surface area contributed by atoms with Crippen molar-refractivity contribution in [3.8, 4) is 40.2 Å². The number of hydrogen-bond acceptors (Lipinski definition) is 15. The number of piperazine rings is 1. The van der Waals surface area contributed by atoms with Gasteiger partial charge >= 0.3 is 11.9 Å². The van der Waals surface area contributed by atoms with Gasteiger partial charge in [-0.25, -0.2) is 9.69 Å². The molecule has 53 heavy (non-hydrogen) atoms. The van der Waals surface area contributed by atoms with Gasteiger partial charge in [0, 0.05) is 35.9 Å². The Morgan fingerprint density at radius 3 is 2.55 bits per heavy atom. The molecule has 4 N–H and O–H groups in total. The molecule has 2 saturated heterocycles. The quantitative estimate of drug-likeness (QED) is 0.227. The number of nitrogens with zero attached hydrogens (tertiary/aromatic N) is 2. The molecule has 10 rings (SSSR count). The van der Waals surface area contributed by atoms with Crippen LogP contribution in [0.1, 0.15) is 69.0 Å². The van der Waals surface area contributed by atoms with Crippen LogP contribution in [0.5, 0.6) is 40.2 Å². The zero-order valence-corrected chi connectivity index (χ0v) is 31.0. The minimum absolute atomic E-state index is 0.0143. The summed E-state index contributed by atoms with van der Waals surface area (Å²) in [5.41, 5.74) is 3.87. The van der Waals surface area contributed by atoms with Crippen LogP contribution in [0.3, 0.4) is 0 Å². The monoisotopic (exact) mass is 747 g/mol. The molecule has 14 nitrogen and oxygen atoms in total. The van der Waals surface area contributed by atoms with E-state index < -0.39 is 53.3 Å². The number of carbonyl (C=O) groups is 2. The van der Waals surface area contributed by atoms with E-state index in [1.807, 2.05) is 24.9 Å². The number of hydrogen-bond donors (Lipinski definition) is 4. The number of thioether (sulfide) groups is 1. The van der Waals surface area contributed by atoms with Crippen LogP contribution in [0.25, 0.3) is 0 Å². The lowest BCUT2D eigenvalue weighted by Crippen LogP contribution is -2.69. The summed E-state index contributed by atoms with van der Waals surface area (Å²) in [5, 5.41) is 38.1. The van der Waals surface area contributed by atoms with Crippen molar-refractivity contribution >= 4 is 23.7 Å². The molecular formula is C38H41N3O11S. The SMILES string of the molecule is COc1cc2c(cc1O)CCN[C@]21CSC2c3c(OC(C)=O)c(C)c4c(c3C(OC1=O)N1C(O)C3Cc5cc(C)c(OC)c(O)c5C(C21)N3C)OCO4. The Morgan fingerprint density at radius 1 is 1.04 bits per heavy atom.